The predicted octanol–water partition coefficient (Wildman–Crippen LogP) is 2.23. The number of carbonyl (C=O) groups excluding carboxylic acids is 1. The highest BCUT2D eigenvalue weighted by molar-refractivity contribution is 5.81. The molecule has 0 aliphatic rings. The first-order chi connectivity index (χ1) is 10.1. The van der Waals surface area contributed by atoms with Crippen LogP contribution in [0.3, 0.4) is 0 Å². The molecule has 1 aromatic carbocycles. The molecule has 1 heterocycles. The highest BCUT2D eigenvalue weighted by atomic mass is 16.5. The molecule has 1 amide bonds. The molecule has 1 aromatic heterocycles. The van der Waals surface area contributed by atoms with E-state index in [0.717, 1.165) is 5.56 Å². The van der Waals surface area contributed by atoms with Gasteiger partial charge in [-0.2, -0.15) is 5.10 Å². The average molecular weight is 283 g/mol. The summed E-state index contributed by atoms with van der Waals surface area (Å²) >= 11 is 0. The maximum absolute atomic E-state index is 11.6. The third kappa shape index (κ3) is 4.72. The Morgan fingerprint density at radius 3 is 2.86 bits per heavy atom. The molecule has 1 N–H and O–H groups in total. The number of hydrogen-bond acceptors (Lipinski definition) is 4. The van der Waals surface area contributed by atoms with E-state index in [1.54, 1.807) is 12.3 Å². The second kappa shape index (κ2) is 7.19. The van der Waals surface area contributed by atoms with Crippen molar-refractivity contribution in [3.63, 3.8) is 0 Å². The zero-order chi connectivity index (χ0) is 15.1. The lowest BCUT2D eigenvalue weighted by molar-refractivity contribution is -0.123. The van der Waals surface area contributed by atoms with Crippen LogP contribution in [0.4, 0.5) is 0 Å². The maximum atomic E-state index is 11.6. The van der Waals surface area contributed by atoms with Crippen LogP contribution < -0.4 is 10.2 Å². The van der Waals surface area contributed by atoms with Gasteiger partial charge in [0.15, 0.2) is 6.61 Å². The predicted molar refractivity (Wildman–Crippen MR) is 81.4 cm³/mol. The van der Waals surface area contributed by atoms with E-state index < -0.39 is 0 Å². The van der Waals surface area contributed by atoms with Crippen molar-refractivity contribution in [2.24, 2.45) is 5.10 Å². The van der Waals surface area contributed by atoms with E-state index in [1.807, 2.05) is 44.2 Å². The molecule has 0 aliphatic carbocycles. The fraction of sp³-hybridized carbons (Fsp3) is 0.188. The highest BCUT2D eigenvalue weighted by Gasteiger charge is 2.02. The number of rotatable bonds is 5. The van der Waals surface area contributed by atoms with E-state index in [1.165, 1.54) is 11.8 Å². The van der Waals surface area contributed by atoms with E-state index >= 15 is 0 Å². The van der Waals surface area contributed by atoms with Gasteiger partial charge in [-0.05, 0) is 49.2 Å². The number of hydrazone groups is 1. The molecule has 0 spiro atoms. The second-order valence-corrected chi connectivity index (χ2v) is 4.58. The van der Waals surface area contributed by atoms with Crippen molar-refractivity contribution in [3.05, 3.63) is 59.4 Å². The van der Waals surface area contributed by atoms with Crippen LogP contribution in [0.15, 0.2) is 47.7 Å². The molecule has 2 rings (SSSR count). The lowest BCUT2D eigenvalue weighted by Crippen LogP contribution is -2.24. The fourth-order valence-corrected chi connectivity index (χ4v) is 1.61. The minimum absolute atomic E-state index is 0.0813. The van der Waals surface area contributed by atoms with Gasteiger partial charge >= 0.3 is 0 Å². The molecule has 0 atom stereocenters. The number of nitrogens with one attached hydrogen (secondary N) is 1. The highest BCUT2D eigenvalue weighted by Crippen LogP contribution is 2.16. The summed E-state index contributed by atoms with van der Waals surface area (Å²) in [6.45, 7) is 3.94. The summed E-state index contributed by atoms with van der Waals surface area (Å²) in [6.07, 6.45) is 3.14. The normalized spacial score (nSPS) is 10.6. The molecule has 0 aliphatic heterocycles. The largest absolute Gasteiger partial charge is 0.484 e. The Morgan fingerprint density at radius 1 is 1.29 bits per heavy atom. The summed E-state index contributed by atoms with van der Waals surface area (Å²) in [5.74, 6) is 0.349. The number of nitrogens with zero attached hydrogens (tertiary/aromatic N) is 2. The van der Waals surface area contributed by atoms with Gasteiger partial charge in [-0.3, -0.25) is 9.78 Å². The summed E-state index contributed by atoms with van der Waals surface area (Å²) in [5, 5.41) is 3.82. The van der Waals surface area contributed by atoms with Crippen LogP contribution in [-0.2, 0) is 4.79 Å². The smallest absolute Gasteiger partial charge is 0.277 e. The van der Waals surface area contributed by atoms with Crippen LogP contribution in [0.1, 0.15) is 16.8 Å². The van der Waals surface area contributed by atoms with Gasteiger partial charge in [0.1, 0.15) is 5.75 Å². The Kier molecular flexibility index (Phi) is 5.04. The lowest BCUT2D eigenvalue weighted by Gasteiger charge is -2.07. The van der Waals surface area contributed by atoms with Crippen molar-refractivity contribution in [2.75, 3.05) is 6.61 Å². The first-order valence-electron chi connectivity index (χ1n) is 6.58. The van der Waals surface area contributed by atoms with E-state index in [4.69, 9.17) is 4.74 Å². The quantitative estimate of drug-likeness (QED) is 0.676. The summed E-state index contributed by atoms with van der Waals surface area (Å²) in [5.41, 5.74) is 5.38. The molecule has 21 heavy (non-hydrogen) atoms. The van der Waals surface area contributed by atoms with Crippen LogP contribution in [-0.4, -0.2) is 23.7 Å². The Labute approximate surface area is 123 Å². The first kappa shape index (κ1) is 14.7. The third-order valence-corrected chi connectivity index (χ3v) is 2.92. The van der Waals surface area contributed by atoms with E-state index in [9.17, 15) is 4.79 Å². The standard InChI is InChI=1S/C16H17N3O2/c1-12-6-7-15(9-13(12)2)21-11-16(20)19-18-10-14-5-3-4-8-17-14/h3-10H,11H2,1-2H3,(H,19,20)/b18-10-. The SMILES string of the molecule is Cc1ccc(OCC(=O)N/N=C\c2ccccn2)cc1C. The third-order valence-electron chi connectivity index (χ3n) is 2.92. The van der Waals surface area contributed by atoms with Gasteiger partial charge < -0.3 is 4.74 Å². The van der Waals surface area contributed by atoms with E-state index in [-0.39, 0.29) is 12.5 Å². The molecule has 5 heteroatoms. The number of pyridine rings is 1. The Hall–Kier alpha value is -2.69. The summed E-state index contributed by atoms with van der Waals surface area (Å²) < 4.78 is 5.40. The zero-order valence-electron chi connectivity index (χ0n) is 12.0. The summed E-state index contributed by atoms with van der Waals surface area (Å²) in [6, 6.07) is 11.2. The molecule has 5 nitrogen and oxygen atoms in total. The minimum Gasteiger partial charge on any atom is -0.484 e. The number of hydrogen-bond donors (Lipinski definition) is 1. The summed E-state index contributed by atoms with van der Waals surface area (Å²) in [4.78, 5) is 15.6. The van der Waals surface area contributed by atoms with Crippen molar-refractivity contribution in [1.29, 1.82) is 0 Å². The summed E-state index contributed by atoms with van der Waals surface area (Å²) in [7, 11) is 0. The van der Waals surface area contributed by atoms with Gasteiger partial charge in [0, 0.05) is 6.20 Å². The number of ether oxygens (including phenoxy) is 1. The van der Waals surface area contributed by atoms with Crippen molar-refractivity contribution in [2.45, 2.75) is 13.8 Å². The van der Waals surface area contributed by atoms with E-state index in [0.29, 0.717) is 11.4 Å². The van der Waals surface area contributed by atoms with Crippen LogP contribution in [0.5, 0.6) is 5.75 Å². The first-order valence-corrected chi connectivity index (χ1v) is 6.58. The molecule has 0 bridgehead atoms. The second-order valence-electron chi connectivity index (χ2n) is 4.58. The van der Waals surface area contributed by atoms with Crippen molar-refractivity contribution >= 4 is 12.1 Å². The Morgan fingerprint density at radius 2 is 2.14 bits per heavy atom. The maximum Gasteiger partial charge on any atom is 0.277 e. The van der Waals surface area contributed by atoms with Crippen LogP contribution in [0.25, 0.3) is 0 Å². The Bertz CT molecular complexity index is 639. The molecular weight excluding hydrogens is 266 g/mol. The van der Waals surface area contributed by atoms with Gasteiger partial charge in [-0.25, -0.2) is 5.43 Å². The molecule has 2 aromatic rings. The topological polar surface area (TPSA) is 63.6 Å². The minimum atomic E-state index is -0.319. The molecule has 0 saturated carbocycles. The molecule has 108 valence electrons. The van der Waals surface area contributed by atoms with Crippen LogP contribution in [0.2, 0.25) is 0 Å². The van der Waals surface area contributed by atoms with Crippen LogP contribution in [0, 0.1) is 13.8 Å². The van der Waals surface area contributed by atoms with Crippen molar-refractivity contribution in [1.82, 2.24) is 10.4 Å². The van der Waals surface area contributed by atoms with Crippen molar-refractivity contribution in [3.8, 4) is 5.75 Å². The van der Waals surface area contributed by atoms with Gasteiger partial charge in [0.25, 0.3) is 5.91 Å². The lowest BCUT2D eigenvalue weighted by atomic mass is 10.1. The molecule has 0 unspecified atom stereocenters. The zero-order valence-corrected chi connectivity index (χ0v) is 12.0. The van der Waals surface area contributed by atoms with Gasteiger partial charge in [0.05, 0.1) is 11.9 Å². The number of amides is 1. The Balaban J connectivity index is 1.79. The van der Waals surface area contributed by atoms with Crippen LogP contribution >= 0.6 is 0 Å². The molecule has 0 saturated heterocycles. The van der Waals surface area contributed by atoms with Gasteiger partial charge in [-0.1, -0.05) is 12.1 Å². The number of carbonyl (C=O) groups is 1. The van der Waals surface area contributed by atoms with E-state index in [2.05, 4.69) is 15.5 Å². The number of aryl methyl sites for hydroxylation is 2. The molecular formula is C16H17N3O2. The monoisotopic (exact) mass is 283 g/mol. The number of aromatic nitrogens is 1. The van der Waals surface area contributed by atoms with Gasteiger partial charge in [0.2, 0.25) is 0 Å². The van der Waals surface area contributed by atoms with Gasteiger partial charge in [-0.15, -0.1) is 0 Å². The fourth-order valence-electron chi connectivity index (χ4n) is 1.61. The van der Waals surface area contributed by atoms with Crippen molar-refractivity contribution < 1.29 is 9.53 Å². The number of benzene rings is 1. The molecule has 0 radical (unpaired) electrons. The average Bonchev–Trinajstić information content (AvgIpc) is 2.49. The molecule has 0 fully saturated rings.